The lowest BCUT2D eigenvalue weighted by molar-refractivity contribution is -0.117. The molecule has 1 atom stereocenters. The monoisotopic (exact) mass is 319 g/mol. The van der Waals surface area contributed by atoms with Gasteiger partial charge in [0.25, 0.3) is 0 Å². The minimum Gasteiger partial charge on any atom is -0.309 e. The summed E-state index contributed by atoms with van der Waals surface area (Å²) >= 11 is 0. The standard InChI is InChI=1S/C20H21N3O/c1-2-16-6-3-4-7-17(16)11-9-15-10-12-19(22-14-15)23-20(24)18-8-5-13-21-18/h3-4,6-7,10,12,14,18,21H,2,5,8,13H2,1H3,(H,22,23,24)/t18-/m1/s1. The van der Waals surface area contributed by atoms with Crippen LogP contribution in [0, 0.1) is 11.8 Å². The first-order valence-corrected chi connectivity index (χ1v) is 8.36. The summed E-state index contributed by atoms with van der Waals surface area (Å²) in [5, 5.41) is 6.02. The van der Waals surface area contributed by atoms with Crippen LogP contribution >= 0.6 is 0 Å². The molecule has 0 bridgehead atoms. The van der Waals surface area contributed by atoms with E-state index in [1.54, 1.807) is 12.3 Å². The third-order valence-electron chi connectivity index (χ3n) is 4.13. The van der Waals surface area contributed by atoms with Crippen LogP contribution in [-0.2, 0) is 11.2 Å². The van der Waals surface area contributed by atoms with Gasteiger partial charge in [0.1, 0.15) is 5.82 Å². The number of amides is 1. The molecule has 1 aromatic carbocycles. The number of aryl methyl sites for hydroxylation is 1. The summed E-state index contributed by atoms with van der Waals surface area (Å²) in [6, 6.07) is 11.7. The summed E-state index contributed by atoms with van der Waals surface area (Å²) in [5.74, 6) is 6.88. The average molecular weight is 319 g/mol. The predicted octanol–water partition coefficient (Wildman–Crippen LogP) is 2.73. The number of carbonyl (C=O) groups excluding carboxylic acids is 1. The fourth-order valence-electron chi connectivity index (χ4n) is 2.75. The summed E-state index contributed by atoms with van der Waals surface area (Å²) < 4.78 is 0. The zero-order chi connectivity index (χ0) is 16.8. The van der Waals surface area contributed by atoms with E-state index in [9.17, 15) is 4.79 Å². The van der Waals surface area contributed by atoms with Gasteiger partial charge in [-0.05, 0) is 49.6 Å². The van der Waals surface area contributed by atoms with E-state index < -0.39 is 0 Å². The highest BCUT2D eigenvalue weighted by Crippen LogP contribution is 2.11. The van der Waals surface area contributed by atoms with Crippen molar-refractivity contribution >= 4 is 11.7 Å². The van der Waals surface area contributed by atoms with E-state index in [0.717, 1.165) is 36.9 Å². The number of nitrogens with zero attached hydrogens (tertiary/aromatic N) is 1. The van der Waals surface area contributed by atoms with Gasteiger partial charge in [-0.2, -0.15) is 0 Å². The van der Waals surface area contributed by atoms with Crippen molar-refractivity contribution in [2.24, 2.45) is 0 Å². The second-order valence-electron chi connectivity index (χ2n) is 5.83. The third-order valence-corrected chi connectivity index (χ3v) is 4.13. The highest BCUT2D eigenvalue weighted by Gasteiger charge is 2.21. The molecule has 1 saturated heterocycles. The van der Waals surface area contributed by atoms with Crippen molar-refractivity contribution in [2.75, 3.05) is 11.9 Å². The predicted molar refractivity (Wildman–Crippen MR) is 95.7 cm³/mol. The Morgan fingerprint density at radius 2 is 2.17 bits per heavy atom. The van der Waals surface area contributed by atoms with Gasteiger partial charge >= 0.3 is 0 Å². The molecular formula is C20H21N3O. The smallest absolute Gasteiger partial charge is 0.242 e. The van der Waals surface area contributed by atoms with Crippen molar-refractivity contribution in [1.82, 2.24) is 10.3 Å². The van der Waals surface area contributed by atoms with Crippen molar-refractivity contribution in [2.45, 2.75) is 32.2 Å². The molecule has 4 nitrogen and oxygen atoms in total. The van der Waals surface area contributed by atoms with Crippen LogP contribution in [0.4, 0.5) is 5.82 Å². The van der Waals surface area contributed by atoms with Crippen molar-refractivity contribution in [3.05, 3.63) is 59.3 Å². The van der Waals surface area contributed by atoms with E-state index in [0.29, 0.717) is 5.82 Å². The Labute approximate surface area is 142 Å². The largest absolute Gasteiger partial charge is 0.309 e. The summed E-state index contributed by atoms with van der Waals surface area (Å²) in [7, 11) is 0. The number of hydrogen-bond acceptors (Lipinski definition) is 3. The molecule has 2 heterocycles. The first-order chi connectivity index (χ1) is 11.8. The van der Waals surface area contributed by atoms with Crippen LogP contribution in [0.5, 0.6) is 0 Å². The second kappa shape index (κ2) is 7.76. The molecule has 122 valence electrons. The number of benzene rings is 1. The molecule has 1 fully saturated rings. The van der Waals surface area contributed by atoms with Gasteiger partial charge in [0, 0.05) is 17.3 Å². The van der Waals surface area contributed by atoms with E-state index in [1.165, 1.54) is 5.56 Å². The zero-order valence-electron chi connectivity index (χ0n) is 13.8. The van der Waals surface area contributed by atoms with Crippen molar-refractivity contribution in [3.63, 3.8) is 0 Å². The Hall–Kier alpha value is -2.64. The van der Waals surface area contributed by atoms with Gasteiger partial charge in [0.15, 0.2) is 0 Å². The number of nitrogens with one attached hydrogen (secondary N) is 2. The molecule has 0 radical (unpaired) electrons. The number of anilines is 1. The number of pyridine rings is 1. The van der Waals surface area contributed by atoms with Crippen LogP contribution in [0.25, 0.3) is 0 Å². The molecule has 0 spiro atoms. The Balaban J connectivity index is 1.67. The van der Waals surface area contributed by atoms with Crippen molar-refractivity contribution < 1.29 is 4.79 Å². The minimum atomic E-state index is -0.100. The number of aromatic nitrogens is 1. The van der Waals surface area contributed by atoms with Gasteiger partial charge in [0.2, 0.25) is 5.91 Å². The van der Waals surface area contributed by atoms with Gasteiger partial charge < -0.3 is 10.6 Å². The quantitative estimate of drug-likeness (QED) is 0.855. The topological polar surface area (TPSA) is 54.0 Å². The Morgan fingerprint density at radius 1 is 1.29 bits per heavy atom. The lowest BCUT2D eigenvalue weighted by Gasteiger charge is -2.10. The van der Waals surface area contributed by atoms with E-state index in [-0.39, 0.29) is 11.9 Å². The van der Waals surface area contributed by atoms with Gasteiger partial charge in [-0.25, -0.2) is 4.98 Å². The molecule has 0 saturated carbocycles. The molecular weight excluding hydrogens is 298 g/mol. The van der Waals surface area contributed by atoms with Crippen LogP contribution < -0.4 is 10.6 Å². The Bertz CT molecular complexity index is 765. The zero-order valence-corrected chi connectivity index (χ0v) is 13.8. The normalized spacial score (nSPS) is 16.3. The molecule has 1 aromatic heterocycles. The summed E-state index contributed by atoms with van der Waals surface area (Å²) in [6.45, 7) is 3.03. The fourth-order valence-corrected chi connectivity index (χ4v) is 2.75. The van der Waals surface area contributed by atoms with E-state index >= 15 is 0 Å². The first-order valence-electron chi connectivity index (χ1n) is 8.36. The average Bonchev–Trinajstić information content (AvgIpc) is 3.16. The second-order valence-corrected chi connectivity index (χ2v) is 5.83. The molecule has 0 aliphatic carbocycles. The van der Waals surface area contributed by atoms with Gasteiger partial charge in [-0.15, -0.1) is 0 Å². The Morgan fingerprint density at radius 3 is 2.88 bits per heavy atom. The molecule has 4 heteroatoms. The molecule has 24 heavy (non-hydrogen) atoms. The molecule has 1 amide bonds. The number of hydrogen-bond donors (Lipinski definition) is 2. The molecule has 0 unspecified atom stereocenters. The van der Waals surface area contributed by atoms with Crippen LogP contribution in [0.1, 0.15) is 36.5 Å². The van der Waals surface area contributed by atoms with Gasteiger partial charge in [-0.3, -0.25) is 4.79 Å². The SMILES string of the molecule is CCc1ccccc1C#Cc1ccc(NC(=O)[C@H]2CCCN2)nc1. The first kappa shape index (κ1) is 16.2. The maximum atomic E-state index is 12.0. The van der Waals surface area contributed by atoms with E-state index in [1.807, 2.05) is 24.3 Å². The van der Waals surface area contributed by atoms with Crippen molar-refractivity contribution in [3.8, 4) is 11.8 Å². The third kappa shape index (κ3) is 4.01. The number of rotatable bonds is 3. The van der Waals surface area contributed by atoms with Crippen LogP contribution in [0.15, 0.2) is 42.6 Å². The lowest BCUT2D eigenvalue weighted by Crippen LogP contribution is -2.35. The maximum Gasteiger partial charge on any atom is 0.242 e. The molecule has 2 N–H and O–H groups in total. The maximum absolute atomic E-state index is 12.0. The van der Waals surface area contributed by atoms with Crippen LogP contribution in [0.3, 0.4) is 0 Å². The van der Waals surface area contributed by atoms with E-state index in [2.05, 4.69) is 40.4 Å². The number of carbonyl (C=O) groups is 1. The van der Waals surface area contributed by atoms with Crippen LogP contribution in [-0.4, -0.2) is 23.5 Å². The van der Waals surface area contributed by atoms with Gasteiger partial charge in [0.05, 0.1) is 6.04 Å². The summed E-state index contributed by atoms with van der Waals surface area (Å²) in [5.41, 5.74) is 3.12. The van der Waals surface area contributed by atoms with Crippen LogP contribution in [0.2, 0.25) is 0 Å². The fraction of sp³-hybridized carbons (Fsp3) is 0.300. The molecule has 1 aliphatic rings. The molecule has 2 aromatic rings. The highest BCUT2D eigenvalue weighted by molar-refractivity contribution is 5.94. The summed E-state index contributed by atoms with van der Waals surface area (Å²) in [6.07, 6.45) is 4.58. The van der Waals surface area contributed by atoms with E-state index in [4.69, 9.17) is 0 Å². The summed E-state index contributed by atoms with van der Waals surface area (Å²) in [4.78, 5) is 16.3. The molecule has 1 aliphatic heterocycles. The van der Waals surface area contributed by atoms with Crippen molar-refractivity contribution in [1.29, 1.82) is 0 Å². The van der Waals surface area contributed by atoms with Gasteiger partial charge in [-0.1, -0.05) is 37.0 Å². The molecule has 3 rings (SSSR count). The minimum absolute atomic E-state index is 0.0179. The highest BCUT2D eigenvalue weighted by atomic mass is 16.2. The lowest BCUT2D eigenvalue weighted by atomic mass is 10.1. The Kier molecular flexibility index (Phi) is 5.25.